The molecular formula is C27H21N3O6. The molecule has 3 aromatic carbocycles. The van der Waals surface area contributed by atoms with Crippen molar-refractivity contribution >= 4 is 22.4 Å². The largest absolute Gasteiger partial charge is 0.454 e. The maximum atomic E-state index is 6.34. The zero-order valence-corrected chi connectivity index (χ0v) is 19.2. The molecule has 9 heteroatoms. The number of aromatic nitrogens is 1. The standard InChI is InChI=1S/C27H21N3O6/c28-26(8-16-2-4-21-23(7-16)34-13-32-21)30-27-10-17-9-24-25(36-14-35-24)11-18(17)19(29-27)5-15-1-3-20-22(6-15)33-12-31-20/h1-4,6-7,9-11H,5,8,12-14H2,(H2,28,29,30). The first-order valence-electron chi connectivity index (χ1n) is 11.5. The van der Waals surface area contributed by atoms with Crippen LogP contribution in [0.15, 0.2) is 59.6 Å². The van der Waals surface area contributed by atoms with Gasteiger partial charge in [0.15, 0.2) is 40.3 Å². The number of nitrogens with zero attached hydrogens (tertiary/aromatic N) is 2. The summed E-state index contributed by atoms with van der Waals surface area (Å²) in [6.45, 7) is 0.661. The second-order valence-electron chi connectivity index (χ2n) is 8.69. The van der Waals surface area contributed by atoms with E-state index in [4.69, 9.17) is 39.1 Å². The number of aliphatic imine (C=N–C) groups is 1. The van der Waals surface area contributed by atoms with Gasteiger partial charge < -0.3 is 34.2 Å². The minimum absolute atomic E-state index is 0.198. The van der Waals surface area contributed by atoms with Gasteiger partial charge >= 0.3 is 0 Å². The lowest BCUT2D eigenvalue weighted by Crippen LogP contribution is -2.14. The molecule has 4 heterocycles. The molecule has 4 aromatic rings. The third-order valence-corrected chi connectivity index (χ3v) is 6.28. The Morgan fingerprint density at radius 2 is 1.28 bits per heavy atom. The predicted molar refractivity (Wildman–Crippen MR) is 131 cm³/mol. The summed E-state index contributed by atoms with van der Waals surface area (Å²) in [5.41, 5.74) is 9.21. The van der Waals surface area contributed by atoms with Gasteiger partial charge in [-0.1, -0.05) is 12.1 Å². The quantitative estimate of drug-likeness (QED) is 0.332. The lowest BCUT2D eigenvalue weighted by Gasteiger charge is -2.10. The lowest BCUT2D eigenvalue weighted by molar-refractivity contribution is 0.173. The van der Waals surface area contributed by atoms with Gasteiger partial charge in [0.1, 0.15) is 5.84 Å². The van der Waals surface area contributed by atoms with Gasteiger partial charge in [-0.3, -0.25) is 0 Å². The molecule has 0 amide bonds. The molecule has 7 rings (SSSR count). The molecule has 0 atom stereocenters. The molecule has 1 aromatic heterocycles. The maximum absolute atomic E-state index is 6.34. The summed E-state index contributed by atoms with van der Waals surface area (Å²) >= 11 is 0. The van der Waals surface area contributed by atoms with Crippen LogP contribution in [0.1, 0.15) is 16.8 Å². The Morgan fingerprint density at radius 1 is 0.694 bits per heavy atom. The van der Waals surface area contributed by atoms with Crippen molar-refractivity contribution in [3.8, 4) is 34.5 Å². The molecule has 0 spiro atoms. The van der Waals surface area contributed by atoms with E-state index in [0.29, 0.717) is 41.7 Å². The Morgan fingerprint density at radius 3 is 2.00 bits per heavy atom. The van der Waals surface area contributed by atoms with Crippen LogP contribution in [-0.4, -0.2) is 31.2 Å². The first-order valence-corrected chi connectivity index (χ1v) is 11.5. The van der Waals surface area contributed by atoms with E-state index in [2.05, 4.69) is 4.99 Å². The van der Waals surface area contributed by atoms with E-state index in [1.165, 1.54) is 0 Å². The molecule has 0 fully saturated rings. The third kappa shape index (κ3) is 3.74. The minimum atomic E-state index is 0.198. The van der Waals surface area contributed by atoms with E-state index in [1.807, 2.05) is 54.6 Å². The summed E-state index contributed by atoms with van der Waals surface area (Å²) in [5.74, 6) is 5.29. The fourth-order valence-corrected chi connectivity index (χ4v) is 4.58. The highest BCUT2D eigenvalue weighted by atomic mass is 16.7. The number of ether oxygens (including phenoxy) is 6. The summed E-state index contributed by atoms with van der Waals surface area (Å²) < 4.78 is 33.1. The van der Waals surface area contributed by atoms with Gasteiger partial charge in [0.05, 0.1) is 5.69 Å². The van der Waals surface area contributed by atoms with Crippen LogP contribution in [0, 0.1) is 0 Å². The highest BCUT2D eigenvalue weighted by Crippen LogP contribution is 2.39. The fourth-order valence-electron chi connectivity index (χ4n) is 4.58. The number of rotatable bonds is 5. The third-order valence-electron chi connectivity index (χ3n) is 6.28. The van der Waals surface area contributed by atoms with Gasteiger partial charge in [-0.05, 0) is 59.0 Å². The number of amidine groups is 1. The number of pyridine rings is 1. The van der Waals surface area contributed by atoms with Gasteiger partial charge in [0.25, 0.3) is 0 Å². The molecule has 0 aliphatic carbocycles. The Balaban J connectivity index is 1.25. The minimum Gasteiger partial charge on any atom is -0.454 e. The molecule has 3 aliphatic rings. The van der Waals surface area contributed by atoms with Gasteiger partial charge in [0.2, 0.25) is 20.4 Å². The Bertz CT molecular complexity index is 1550. The molecule has 0 saturated carbocycles. The second kappa shape index (κ2) is 8.23. The van der Waals surface area contributed by atoms with E-state index < -0.39 is 0 Å². The zero-order valence-electron chi connectivity index (χ0n) is 19.2. The van der Waals surface area contributed by atoms with Gasteiger partial charge in [-0.2, -0.15) is 0 Å². The highest BCUT2D eigenvalue weighted by Gasteiger charge is 2.19. The van der Waals surface area contributed by atoms with E-state index >= 15 is 0 Å². The predicted octanol–water partition coefficient (Wildman–Crippen LogP) is 4.24. The summed E-state index contributed by atoms with van der Waals surface area (Å²) in [6, 6.07) is 17.5. The number of hydrogen-bond donors (Lipinski definition) is 1. The topological polar surface area (TPSA) is 107 Å². The summed E-state index contributed by atoms with van der Waals surface area (Å²) in [5, 5.41) is 1.91. The molecule has 9 nitrogen and oxygen atoms in total. The van der Waals surface area contributed by atoms with E-state index in [9.17, 15) is 0 Å². The highest BCUT2D eigenvalue weighted by molar-refractivity contribution is 5.91. The van der Waals surface area contributed by atoms with Crippen LogP contribution in [-0.2, 0) is 12.8 Å². The molecule has 180 valence electrons. The number of benzene rings is 3. The normalized spacial score (nSPS) is 15.1. The smallest absolute Gasteiger partial charge is 0.231 e. The van der Waals surface area contributed by atoms with Crippen molar-refractivity contribution in [2.75, 3.05) is 20.4 Å². The Kier molecular flexibility index (Phi) is 4.73. The Labute approximate surface area is 206 Å². The van der Waals surface area contributed by atoms with E-state index in [0.717, 1.165) is 44.8 Å². The van der Waals surface area contributed by atoms with Crippen LogP contribution in [0.5, 0.6) is 34.5 Å². The van der Waals surface area contributed by atoms with Gasteiger partial charge in [-0.15, -0.1) is 0 Å². The van der Waals surface area contributed by atoms with Crippen LogP contribution < -0.4 is 34.2 Å². The summed E-state index contributed by atoms with van der Waals surface area (Å²) in [6.07, 6.45) is 1.02. The molecule has 3 aliphatic heterocycles. The molecule has 2 N–H and O–H groups in total. The monoisotopic (exact) mass is 483 g/mol. The molecule has 0 saturated heterocycles. The molecule has 0 unspecified atom stereocenters. The van der Waals surface area contributed by atoms with Gasteiger partial charge in [0, 0.05) is 18.2 Å². The second-order valence-corrected chi connectivity index (χ2v) is 8.69. The van der Waals surface area contributed by atoms with Crippen molar-refractivity contribution in [2.45, 2.75) is 12.8 Å². The van der Waals surface area contributed by atoms with Crippen molar-refractivity contribution in [3.63, 3.8) is 0 Å². The van der Waals surface area contributed by atoms with Crippen LogP contribution in [0.25, 0.3) is 10.8 Å². The van der Waals surface area contributed by atoms with Crippen molar-refractivity contribution in [3.05, 3.63) is 71.4 Å². The first kappa shape index (κ1) is 20.7. The maximum Gasteiger partial charge on any atom is 0.231 e. The van der Waals surface area contributed by atoms with Crippen LogP contribution >= 0.6 is 0 Å². The number of hydrogen-bond acceptors (Lipinski definition) is 8. The van der Waals surface area contributed by atoms with Crippen LogP contribution in [0.3, 0.4) is 0 Å². The Hall–Kier alpha value is -4.66. The molecule has 36 heavy (non-hydrogen) atoms. The first-order chi connectivity index (χ1) is 17.7. The summed E-state index contributed by atoms with van der Waals surface area (Å²) in [4.78, 5) is 9.52. The lowest BCUT2D eigenvalue weighted by atomic mass is 10.0. The van der Waals surface area contributed by atoms with E-state index in [-0.39, 0.29) is 20.4 Å². The van der Waals surface area contributed by atoms with Crippen LogP contribution in [0.2, 0.25) is 0 Å². The molecule has 0 bridgehead atoms. The fraction of sp³-hybridized carbons (Fsp3) is 0.185. The van der Waals surface area contributed by atoms with Crippen LogP contribution in [0.4, 0.5) is 5.82 Å². The molecular weight excluding hydrogens is 462 g/mol. The average Bonchev–Trinajstić information content (AvgIpc) is 3.62. The van der Waals surface area contributed by atoms with Crippen molar-refractivity contribution < 1.29 is 28.4 Å². The number of fused-ring (bicyclic) bond motifs is 4. The number of nitrogens with two attached hydrogens (primary N) is 1. The summed E-state index contributed by atoms with van der Waals surface area (Å²) in [7, 11) is 0. The van der Waals surface area contributed by atoms with Crippen molar-refractivity contribution in [1.82, 2.24) is 4.98 Å². The molecule has 0 radical (unpaired) electrons. The van der Waals surface area contributed by atoms with Crippen molar-refractivity contribution in [2.24, 2.45) is 10.7 Å². The van der Waals surface area contributed by atoms with Gasteiger partial charge in [-0.25, -0.2) is 9.98 Å². The van der Waals surface area contributed by atoms with Crippen molar-refractivity contribution in [1.29, 1.82) is 0 Å². The SMILES string of the molecule is N/C(Cc1ccc2c(c1)OCO2)=N\c1cc2cc3c(cc2c(Cc2ccc4c(c2)OCO4)n1)OCO3. The van der Waals surface area contributed by atoms with E-state index in [1.54, 1.807) is 0 Å². The average molecular weight is 483 g/mol. The zero-order chi connectivity index (χ0) is 24.1.